The zero-order valence-electron chi connectivity index (χ0n) is 71.6. The van der Waals surface area contributed by atoms with Crippen LogP contribution in [0.1, 0.15) is 111 Å². The summed E-state index contributed by atoms with van der Waals surface area (Å²) in [7, 11) is 7.95. The third-order valence-electron chi connectivity index (χ3n) is 21.5. The number of rotatable bonds is 23. The molecule has 2 aliphatic rings. The van der Waals surface area contributed by atoms with Gasteiger partial charge < -0.3 is 34.1 Å². The second kappa shape index (κ2) is 37.3. The van der Waals surface area contributed by atoms with Crippen LogP contribution in [-0.4, -0.2) is 211 Å². The van der Waals surface area contributed by atoms with Gasteiger partial charge in [0.05, 0.1) is 147 Å². The number of hydrogen-bond acceptors (Lipinski definition) is 24. The second-order valence-electron chi connectivity index (χ2n) is 31.5. The van der Waals surface area contributed by atoms with Crippen molar-refractivity contribution in [1.29, 1.82) is 0 Å². The maximum atomic E-state index is 12.9. The third kappa shape index (κ3) is 19.4. The molecule has 0 amide bonds. The number of pyridine rings is 4. The maximum Gasteiger partial charge on any atom is 0.258 e. The number of likely N-dealkylation sites (N-methyl/N-ethyl adjacent to an activating group) is 2. The molecule has 1 N–H and O–H groups in total. The first-order chi connectivity index (χ1) is 59.0. The first-order valence-corrected chi connectivity index (χ1v) is 41.8. The van der Waals surface area contributed by atoms with E-state index < -0.39 is 0 Å². The molecular weight excluding hydrogens is 1550 g/mol. The Labute approximate surface area is 704 Å². The van der Waals surface area contributed by atoms with Gasteiger partial charge in [0.25, 0.3) is 22.2 Å². The molecule has 0 aromatic carbocycles. The first kappa shape index (κ1) is 84.0. The molecule has 32 nitrogen and oxygen atoms in total. The smallest absolute Gasteiger partial charge is 0.258 e. The minimum absolute atomic E-state index is 0.158. The molecule has 0 radical (unpaired) electrons. The van der Waals surface area contributed by atoms with E-state index in [0.717, 1.165) is 158 Å². The van der Waals surface area contributed by atoms with E-state index in [1.165, 1.54) is 61.1 Å². The number of nitrogens with one attached hydrogen (secondary N) is 1. The molecule has 32 heteroatoms. The van der Waals surface area contributed by atoms with E-state index in [4.69, 9.17) is 23.9 Å². The number of nitrogens with zero attached hydrogens (tertiary/aromatic N) is 23. The van der Waals surface area contributed by atoms with Gasteiger partial charge in [-0.25, -0.2) is 38.0 Å². The Morgan fingerprint density at radius 1 is 0.377 bits per heavy atom. The molecule has 0 aliphatic carbocycles. The van der Waals surface area contributed by atoms with Crippen LogP contribution in [0, 0.1) is 40.5 Å². The van der Waals surface area contributed by atoms with Crippen molar-refractivity contribution in [1.82, 2.24) is 116 Å². The van der Waals surface area contributed by atoms with E-state index in [0.29, 0.717) is 123 Å². The van der Waals surface area contributed by atoms with Gasteiger partial charge in [-0.05, 0) is 219 Å². The topological polar surface area (TPSA) is 317 Å². The monoisotopic (exact) mass is 1650 g/mol. The average Bonchev–Trinajstić information content (AvgIpc) is 1.58. The van der Waals surface area contributed by atoms with Crippen molar-refractivity contribution < 1.29 is 18.9 Å². The lowest BCUT2D eigenvalue weighted by molar-refractivity contribution is 0.183. The number of likely N-dealkylation sites (tertiary alicyclic amines) is 1. The van der Waals surface area contributed by atoms with Crippen LogP contribution in [0.15, 0.2) is 160 Å². The highest BCUT2D eigenvalue weighted by Gasteiger charge is 2.21. The van der Waals surface area contributed by atoms with Crippen molar-refractivity contribution in [2.24, 2.45) is 5.92 Å². The van der Waals surface area contributed by atoms with E-state index in [1.54, 1.807) is 30.9 Å². The predicted octanol–water partition coefficient (Wildman–Crippen LogP) is 10.5. The predicted molar refractivity (Wildman–Crippen MR) is 470 cm³/mol. The van der Waals surface area contributed by atoms with Crippen molar-refractivity contribution >= 4 is 44.7 Å². The van der Waals surface area contributed by atoms with Crippen molar-refractivity contribution in [3.8, 4) is 68.5 Å². The van der Waals surface area contributed by atoms with Gasteiger partial charge in [-0.3, -0.25) is 61.6 Å². The van der Waals surface area contributed by atoms with E-state index in [-0.39, 0.29) is 22.2 Å². The van der Waals surface area contributed by atoms with E-state index in [2.05, 4.69) is 93.2 Å². The highest BCUT2D eigenvalue weighted by molar-refractivity contribution is 5.71. The van der Waals surface area contributed by atoms with Crippen LogP contribution in [0.25, 0.3) is 90.2 Å². The summed E-state index contributed by atoms with van der Waals surface area (Å²) in [4.78, 5) is 94.8. The lowest BCUT2D eigenvalue weighted by atomic mass is 9.99. The average molecular weight is 1650 g/mol. The molecule has 2 saturated heterocycles. The highest BCUT2D eigenvalue weighted by atomic mass is 16.5. The molecule has 16 aromatic rings. The fourth-order valence-electron chi connectivity index (χ4n) is 15.2. The van der Waals surface area contributed by atoms with E-state index in [1.807, 2.05) is 176 Å². The number of aryl methyl sites for hydroxylation is 9. The van der Waals surface area contributed by atoms with Crippen LogP contribution in [0.5, 0.6) is 23.0 Å². The summed E-state index contributed by atoms with van der Waals surface area (Å²) in [6.07, 6.45) is 23.7. The Morgan fingerprint density at radius 2 is 0.721 bits per heavy atom. The molecule has 2 aliphatic heterocycles. The van der Waals surface area contributed by atoms with Crippen LogP contribution >= 0.6 is 0 Å². The molecule has 0 bridgehead atoms. The largest absolute Gasteiger partial charge is 0.492 e. The zero-order chi connectivity index (χ0) is 85.4. The molecule has 632 valence electrons. The fourth-order valence-corrected chi connectivity index (χ4v) is 15.2. The van der Waals surface area contributed by atoms with Crippen LogP contribution in [0.2, 0.25) is 0 Å². The fraction of sp³-hybridized carbons (Fsp3) is 0.378. The quantitative estimate of drug-likeness (QED) is 0.0622. The van der Waals surface area contributed by atoms with Gasteiger partial charge in [-0.1, -0.05) is 34.1 Å². The Balaban J connectivity index is 0.000000126. The first-order valence-electron chi connectivity index (χ1n) is 41.8. The van der Waals surface area contributed by atoms with Gasteiger partial charge in [-0.15, -0.1) is 0 Å². The molecule has 0 unspecified atom stereocenters. The zero-order valence-corrected chi connectivity index (χ0v) is 71.6. The molecule has 2 fully saturated rings. The summed E-state index contributed by atoms with van der Waals surface area (Å²) in [6.45, 7) is 27.2. The Kier molecular flexibility index (Phi) is 25.7. The van der Waals surface area contributed by atoms with E-state index >= 15 is 0 Å². The second-order valence-corrected chi connectivity index (χ2v) is 31.5. The molecule has 0 atom stereocenters. The maximum absolute atomic E-state index is 12.9. The summed E-state index contributed by atoms with van der Waals surface area (Å²) < 4.78 is 36.7. The Morgan fingerprint density at radius 3 is 1.10 bits per heavy atom. The SMILES string of the molecule is CCc1nc(C)cn2nc(-c3cc(=O)n4cc(OCC5CCNCC5)ccc4n3)cc12.CCc1nc(C)cn2nc(-c3cc(=O)n4cc(OCCN(C)C)cc(C)c4n3)cc12.CCc1nc(C)cn2nc(-c3cc(=O)n4cc(OCCN(C)C)ccc4n3)cc12.CCc1nc(C)cn2nc(-c3cc(=O)n4cc(OCCN5CCCCC5)ccc4n3)cc12. The lowest BCUT2D eigenvalue weighted by Crippen LogP contribution is -2.33. The van der Waals surface area contributed by atoms with Crippen LogP contribution in [0.3, 0.4) is 0 Å². The highest BCUT2D eigenvalue weighted by Crippen LogP contribution is 2.28. The number of hydrogen-bond donors (Lipinski definition) is 1. The summed E-state index contributed by atoms with van der Waals surface area (Å²) in [5, 5.41) is 21.9. The summed E-state index contributed by atoms with van der Waals surface area (Å²) in [5.74, 6) is 3.20. The van der Waals surface area contributed by atoms with Gasteiger partial charge in [-0.2, -0.15) is 20.4 Å². The summed E-state index contributed by atoms with van der Waals surface area (Å²) >= 11 is 0. The standard InChI is InChI=1S/C24H28N6O2.C23H26N6O2.C22H26N6O2.C21H24N6O2/c1-3-19-22-13-21(27-30(22)15-17(2)25-19)20-14-24(31)29-16-18(7-8-23(29)26-20)32-12-11-28-9-5-4-6-10-28;1-3-18-21-10-20(27-29(21)12-15(2)25-18)19-11-23(30)28-13-17(4-5-22(28)26-19)31-14-16-6-8-24-9-7-16;1-6-17-20-10-19(25-28(20)12-15(3)23-17)18-11-21(29)27-13-16(30-8-7-26(4)5)9-14(2)22(27)24-18;1-5-16-19-10-18(24-27(19)12-14(2)22-16)17-11-21(28)26-13-15(6-7-20(26)23-17)29-9-8-25(3)4/h7-8,13-16H,3-6,9-12H2,1-2H3;4-5,10-13,16,24H,3,6-9,14H2,1-2H3;9-13H,6-8H2,1-5H3;6-7,10-13H,5,8-9H2,1-4H3. The van der Waals surface area contributed by atoms with Crippen molar-refractivity contribution in [3.05, 3.63) is 233 Å². The molecule has 0 spiro atoms. The Hall–Kier alpha value is -13.0. The van der Waals surface area contributed by atoms with Crippen molar-refractivity contribution in [2.45, 2.75) is 120 Å². The van der Waals surface area contributed by atoms with Gasteiger partial charge in [0, 0.05) is 43.9 Å². The van der Waals surface area contributed by atoms with Gasteiger partial charge >= 0.3 is 0 Å². The normalized spacial score (nSPS) is 13.4. The number of ether oxygens (including phenoxy) is 4. The molecule has 0 saturated carbocycles. The van der Waals surface area contributed by atoms with Crippen LogP contribution in [0.4, 0.5) is 0 Å². The number of piperidine rings is 2. The molecular formula is C90H104N24O8. The van der Waals surface area contributed by atoms with Gasteiger partial charge in [0.15, 0.2) is 0 Å². The molecule has 122 heavy (non-hydrogen) atoms. The van der Waals surface area contributed by atoms with E-state index in [9.17, 15) is 19.2 Å². The van der Waals surface area contributed by atoms with Gasteiger partial charge in [0.2, 0.25) is 0 Å². The molecule has 18 rings (SSSR count). The molecule has 16 aromatic heterocycles. The van der Waals surface area contributed by atoms with Crippen LogP contribution < -0.4 is 46.5 Å². The minimum Gasteiger partial charge on any atom is -0.492 e. The number of fused-ring (bicyclic) bond motifs is 8. The third-order valence-corrected chi connectivity index (χ3v) is 21.5. The van der Waals surface area contributed by atoms with Gasteiger partial charge in [0.1, 0.15) is 88.2 Å². The minimum atomic E-state index is -0.176. The van der Waals surface area contributed by atoms with Crippen LogP contribution in [-0.2, 0) is 25.7 Å². The lowest BCUT2D eigenvalue weighted by Gasteiger charge is -2.26. The van der Waals surface area contributed by atoms with Crippen molar-refractivity contribution in [3.63, 3.8) is 0 Å². The number of aromatic nitrogens is 20. The Bertz CT molecular complexity index is 6760. The van der Waals surface area contributed by atoms with Crippen molar-refractivity contribution in [2.75, 3.05) is 100 Å². The summed E-state index contributed by atoms with van der Waals surface area (Å²) in [6, 6.07) is 26.7. The molecule has 18 heterocycles. The summed E-state index contributed by atoms with van der Waals surface area (Å²) in [5.41, 5.74) is 18.6.